The van der Waals surface area contributed by atoms with Crippen molar-refractivity contribution < 1.29 is 0 Å². The van der Waals surface area contributed by atoms with Crippen molar-refractivity contribution in [2.24, 2.45) is 4.99 Å². The van der Waals surface area contributed by atoms with Crippen LogP contribution in [0.5, 0.6) is 0 Å². The van der Waals surface area contributed by atoms with E-state index in [0.717, 1.165) is 25.5 Å². The van der Waals surface area contributed by atoms with Gasteiger partial charge in [0, 0.05) is 30.9 Å². The van der Waals surface area contributed by atoms with Gasteiger partial charge in [-0.1, -0.05) is 0 Å². The van der Waals surface area contributed by atoms with Crippen LogP contribution in [0, 0.1) is 13.8 Å². The predicted molar refractivity (Wildman–Crippen MR) is 89.9 cm³/mol. The summed E-state index contributed by atoms with van der Waals surface area (Å²) < 4.78 is 0. The van der Waals surface area contributed by atoms with E-state index in [-0.39, 0.29) is 0 Å². The molecule has 4 nitrogen and oxygen atoms in total. The van der Waals surface area contributed by atoms with Crippen LogP contribution >= 0.6 is 11.3 Å². The first kappa shape index (κ1) is 15.5. The van der Waals surface area contributed by atoms with Gasteiger partial charge in [-0.15, -0.1) is 11.3 Å². The minimum absolute atomic E-state index is 0.817. The number of aromatic nitrogens is 1. The molecule has 5 heteroatoms. The summed E-state index contributed by atoms with van der Waals surface area (Å²) in [4.78, 5) is 9.72. The summed E-state index contributed by atoms with van der Waals surface area (Å²) in [5.41, 5.74) is 3.88. The number of nitrogens with one attached hydrogen (secondary N) is 2. The van der Waals surface area contributed by atoms with Gasteiger partial charge in [0.2, 0.25) is 0 Å². The third-order valence-electron chi connectivity index (χ3n) is 3.43. The average Bonchev–Trinajstić information content (AvgIpc) is 2.90. The van der Waals surface area contributed by atoms with Crippen LogP contribution in [0.4, 0.5) is 0 Å². The van der Waals surface area contributed by atoms with Crippen molar-refractivity contribution in [2.75, 3.05) is 13.6 Å². The zero-order valence-corrected chi connectivity index (χ0v) is 13.6. The van der Waals surface area contributed by atoms with E-state index < -0.39 is 0 Å². The van der Waals surface area contributed by atoms with Crippen LogP contribution in [0.15, 0.2) is 34.9 Å². The largest absolute Gasteiger partial charge is 0.356 e. The monoisotopic (exact) mass is 302 g/mol. The van der Waals surface area contributed by atoms with Gasteiger partial charge in [-0.25, -0.2) is 0 Å². The van der Waals surface area contributed by atoms with Crippen molar-refractivity contribution in [1.29, 1.82) is 0 Å². The number of thiophene rings is 1. The first-order valence-corrected chi connectivity index (χ1v) is 7.95. The van der Waals surface area contributed by atoms with Crippen LogP contribution in [0.1, 0.15) is 21.6 Å². The van der Waals surface area contributed by atoms with Gasteiger partial charge in [-0.05, 0) is 54.5 Å². The summed E-state index contributed by atoms with van der Waals surface area (Å²) in [6, 6.07) is 4.21. The number of aliphatic imine (C=N–C) groups is 1. The van der Waals surface area contributed by atoms with E-state index in [9.17, 15) is 0 Å². The van der Waals surface area contributed by atoms with Gasteiger partial charge in [0.1, 0.15) is 0 Å². The van der Waals surface area contributed by atoms with Crippen molar-refractivity contribution in [3.05, 3.63) is 51.5 Å². The fraction of sp³-hybridized carbons (Fsp3) is 0.375. The van der Waals surface area contributed by atoms with E-state index in [0.29, 0.717) is 0 Å². The number of pyridine rings is 1. The van der Waals surface area contributed by atoms with Gasteiger partial charge in [0.05, 0.1) is 6.54 Å². The molecule has 0 saturated carbocycles. The maximum Gasteiger partial charge on any atom is 0.191 e. The summed E-state index contributed by atoms with van der Waals surface area (Å²) in [6.07, 6.45) is 4.71. The van der Waals surface area contributed by atoms with Crippen LogP contribution in [0.25, 0.3) is 0 Å². The Morgan fingerprint density at radius 1 is 1.24 bits per heavy atom. The Morgan fingerprint density at radius 2 is 2.10 bits per heavy atom. The zero-order valence-electron chi connectivity index (χ0n) is 12.8. The molecule has 0 spiro atoms. The maximum absolute atomic E-state index is 4.26. The van der Waals surface area contributed by atoms with Gasteiger partial charge < -0.3 is 10.6 Å². The maximum atomic E-state index is 4.26. The van der Waals surface area contributed by atoms with Gasteiger partial charge >= 0.3 is 0 Å². The molecule has 2 aromatic heterocycles. The first-order chi connectivity index (χ1) is 10.2. The third kappa shape index (κ3) is 4.56. The molecule has 0 radical (unpaired) electrons. The number of hydrogen-bond acceptors (Lipinski definition) is 3. The highest BCUT2D eigenvalue weighted by Crippen LogP contribution is 2.14. The van der Waals surface area contributed by atoms with Gasteiger partial charge in [0.25, 0.3) is 0 Å². The minimum Gasteiger partial charge on any atom is -0.356 e. The number of guanidine groups is 1. The number of nitrogens with zero attached hydrogens (tertiary/aromatic N) is 2. The molecule has 0 amide bonds. The van der Waals surface area contributed by atoms with Crippen LogP contribution < -0.4 is 10.6 Å². The smallest absolute Gasteiger partial charge is 0.191 e. The Bertz CT molecular complexity index is 604. The van der Waals surface area contributed by atoms with Crippen molar-refractivity contribution >= 4 is 17.3 Å². The fourth-order valence-electron chi connectivity index (χ4n) is 2.07. The predicted octanol–water partition coefficient (Wildman–Crippen LogP) is 2.67. The lowest BCUT2D eigenvalue weighted by atomic mass is 10.1. The van der Waals surface area contributed by atoms with E-state index in [1.54, 1.807) is 18.4 Å². The molecular formula is C16H22N4S. The lowest BCUT2D eigenvalue weighted by molar-refractivity contribution is 0.795. The molecule has 0 aliphatic rings. The van der Waals surface area contributed by atoms with E-state index >= 15 is 0 Å². The highest BCUT2D eigenvalue weighted by atomic mass is 32.1. The second kappa shape index (κ2) is 7.78. The van der Waals surface area contributed by atoms with Crippen molar-refractivity contribution in [3.8, 4) is 0 Å². The van der Waals surface area contributed by atoms with E-state index in [4.69, 9.17) is 0 Å². The lowest BCUT2D eigenvalue weighted by Crippen LogP contribution is -2.37. The molecule has 2 rings (SSSR count). The van der Waals surface area contributed by atoms with Gasteiger partial charge in [-0.3, -0.25) is 9.98 Å². The first-order valence-electron chi connectivity index (χ1n) is 7.07. The lowest BCUT2D eigenvalue weighted by Gasteiger charge is -2.12. The molecule has 0 bridgehead atoms. The van der Waals surface area contributed by atoms with E-state index in [1.165, 1.54) is 21.6 Å². The summed E-state index contributed by atoms with van der Waals surface area (Å²) in [5, 5.41) is 8.82. The van der Waals surface area contributed by atoms with Crippen LogP contribution in [0.2, 0.25) is 0 Å². The second-order valence-electron chi connectivity index (χ2n) is 4.93. The normalized spacial score (nSPS) is 11.5. The van der Waals surface area contributed by atoms with Gasteiger partial charge in [-0.2, -0.15) is 0 Å². The molecule has 0 saturated heterocycles. The van der Waals surface area contributed by atoms with Gasteiger partial charge in [0.15, 0.2) is 5.96 Å². The molecule has 2 aromatic rings. The molecule has 112 valence electrons. The SMILES string of the molecule is CN=C(NCCc1ccncc1C)NCc1sccc1C. The minimum atomic E-state index is 0.817. The van der Waals surface area contributed by atoms with Crippen LogP contribution in [0.3, 0.4) is 0 Å². The molecule has 2 heterocycles. The van der Waals surface area contributed by atoms with Crippen molar-refractivity contribution in [2.45, 2.75) is 26.8 Å². The Kier molecular flexibility index (Phi) is 5.75. The fourth-order valence-corrected chi connectivity index (χ4v) is 2.91. The third-order valence-corrected chi connectivity index (χ3v) is 4.45. The number of hydrogen-bond donors (Lipinski definition) is 2. The molecule has 2 N–H and O–H groups in total. The number of rotatable bonds is 5. The van der Waals surface area contributed by atoms with E-state index in [1.807, 2.05) is 12.4 Å². The Morgan fingerprint density at radius 3 is 2.76 bits per heavy atom. The molecule has 0 aliphatic heterocycles. The standard InChI is InChI=1S/C16H22N4S/c1-12-6-9-21-15(12)11-20-16(17-3)19-8-5-14-4-7-18-10-13(14)2/h4,6-7,9-10H,5,8,11H2,1-3H3,(H2,17,19,20). The highest BCUT2D eigenvalue weighted by molar-refractivity contribution is 7.10. The molecule has 0 atom stereocenters. The average molecular weight is 302 g/mol. The Hall–Kier alpha value is -1.88. The molecule has 0 unspecified atom stereocenters. The van der Waals surface area contributed by atoms with Crippen molar-refractivity contribution in [1.82, 2.24) is 15.6 Å². The summed E-state index contributed by atoms with van der Waals surface area (Å²) >= 11 is 1.77. The van der Waals surface area contributed by atoms with Crippen molar-refractivity contribution in [3.63, 3.8) is 0 Å². The summed E-state index contributed by atoms with van der Waals surface area (Å²) in [6.45, 7) is 5.90. The van der Waals surface area contributed by atoms with Crippen LogP contribution in [-0.4, -0.2) is 24.5 Å². The molecule has 21 heavy (non-hydrogen) atoms. The topological polar surface area (TPSA) is 49.3 Å². The molecule has 0 aromatic carbocycles. The number of aryl methyl sites for hydroxylation is 2. The molecular weight excluding hydrogens is 280 g/mol. The second-order valence-corrected chi connectivity index (χ2v) is 5.93. The zero-order chi connectivity index (χ0) is 15.1. The molecule has 0 fully saturated rings. The Labute approximate surface area is 130 Å². The summed E-state index contributed by atoms with van der Waals surface area (Å²) in [7, 11) is 1.80. The van der Waals surface area contributed by atoms with E-state index in [2.05, 4.69) is 52.0 Å². The highest BCUT2D eigenvalue weighted by Gasteiger charge is 2.03. The quantitative estimate of drug-likeness (QED) is 0.659. The van der Waals surface area contributed by atoms with Crippen LogP contribution in [-0.2, 0) is 13.0 Å². The Balaban J connectivity index is 1.78. The summed E-state index contributed by atoms with van der Waals surface area (Å²) in [5.74, 6) is 0.842. The molecule has 0 aliphatic carbocycles.